The Bertz CT molecular complexity index is 495. The number of methoxy groups -OCH3 is 2. The number of aliphatic imine (C=N–C) groups is 1. The first-order valence-corrected chi connectivity index (χ1v) is 5.67. The summed E-state index contributed by atoms with van der Waals surface area (Å²) in [7, 11) is 2.47. The first kappa shape index (κ1) is 16.0. The number of hydrogen-bond acceptors (Lipinski definition) is 4. The number of halogens is 3. The molecule has 1 aromatic rings. The smallest absolute Gasteiger partial charge is 0.430 e. The molecule has 0 aliphatic rings. The Morgan fingerprint density at radius 1 is 1.20 bits per heavy atom. The molecule has 7 heteroatoms. The van der Waals surface area contributed by atoms with E-state index in [4.69, 9.17) is 4.74 Å². The highest BCUT2D eigenvalue weighted by atomic mass is 19.4. The van der Waals surface area contributed by atoms with E-state index in [2.05, 4.69) is 9.73 Å². The molecule has 1 aromatic carbocycles. The Morgan fingerprint density at radius 2 is 1.75 bits per heavy atom. The molecule has 0 heterocycles. The summed E-state index contributed by atoms with van der Waals surface area (Å²) < 4.78 is 48.0. The van der Waals surface area contributed by atoms with Crippen molar-refractivity contribution in [2.45, 2.75) is 13.1 Å². The van der Waals surface area contributed by atoms with Gasteiger partial charge in [0, 0.05) is 0 Å². The zero-order valence-corrected chi connectivity index (χ0v) is 11.2. The number of hydrogen-bond donors (Lipinski definition) is 0. The Hall–Kier alpha value is -2.05. The van der Waals surface area contributed by atoms with Crippen LogP contribution in [0.2, 0.25) is 0 Å². The molecule has 0 N–H and O–H groups in total. The average molecular weight is 289 g/mol. The molecule has 0 aliphatic carbocycles. The molecule has 0 spiro atoms. The molecule has 0 aromatic heterocycles. The quantitative estimate of drug-likeness (QED) is 0.632. The van der Waals surface area contributed by atoms with Crippen LogP contribution in [0.5, 0.6) is 5.75 Å². The third-order valence-electron chi connectivity index (χ3n) is 2.58. The average Bonchev–Trinajstić information content (AvgIpc) is 2.42. The van der Waals surface area contributed by atoms with Gasteiger partial charge >= 0.3 is 12.1 Å². The summed E-state index contributed by atoms with van der Waals surface area (Å²) in [5.41, 5.74) is -1.12. The minimum absolute atomic E-state index is 0.0777. The second kappa shape index (κ2) is 6.40. The van der Waals surface area contributed by atoms with E-state index in [0.717, 1.165) is 14.0 Å². The lowest BCUT2D eigenvalue weighted by atomic mass is 10.1. The lowest BCUT2D eigenvalue weighted by Gasteiger charge is -2.15. The SMILES string of the molecule is COC(=O)C(C)C(=Nc1ccc(OC)cc1)C(F)(F)F. The standard InChI is InChI=1S/C13H14F3NO3/c1-8(12(18)20-3)11(13(14,15)16)17-9-4-6-10(19-2)7-5-9/h4-8H,1-3H3. The van der Waals surface area contributed by atoms with Crippen molar-refractivity contribution in [3.8, 4) is 5.75 Å². The number of ether oxygens (including phenoxy) is 2. The highest BCUT2D eigenvalue weighted by Gasteiger charge is 2.42. The number of esters is 1. The van der Waals surface area contributed by atoms with Gasteiger partial charge < -0.3 is 9.47 Å². The summed E-state index contributed by atoms with van der Waals surface area (Å²) >= 11 is 0. The van der Waals surface area contributed by atoms with Gasteiger partial charge in [-0.3, -0.25) is 4.79 Å². The van der Waals surface area contributed by atoms with Gasteiger partial charge in [0.2, 0.25) is 0 Å². The summed E-state index contributed by atoms with van der Waals surface area (Å²) in [5.74, 6) is -1.99. The lowest BCUT2D eigenvalue weighted by molar-refractivity contribution is -0.144. The molecular formula is C13H14F3NO3. The van der Waals surface area contributed by atoms with E-state index in [1.165, 1.54) is 31.4 Å². The predicted octanol–water partition coefficient (Wildman–Crippen LogP) is 3.14. The van der Waals surface area contributed by atoms with Crippen LogP contribution in [0.4, 0.5) is 18.9 Å². The van der Waals surface area contributed by atoms with Gasteiger partial charge in [0.15, 0.2) is 0 Å². The zero-order chi connectivity index (χ0) is 15.3. The van der Waals surface area contributed by atoms with Crippen molar-refractivity contribution >= 4 is 17.4 Å². The van der Waals surface area contributed by atoms with E-state index in [0.29, 0.717) is 5.75 Å². The molecule has 0 aliphatic heterocycles. The Kier molecular flexibility index (Phi) is 5.12. The van der Waals surface area contributed by atoms with Gasteiger partial charge in [0.05, 0.1) is 19.9 Å². The van der Waals surface area contributed by atoms with E-state index in [1.54, 1.807) is 0 Å². The number of carbonyl (C=O) groups is 1. The van der Waals surface area contributed by atoms with Crippen molar-refractivity contribution in [2.75, 3.05) is 14.2 Å². The zero-order valence-electron chi connectivity index (χ0n) is 11.2. The fraction of sp³-hybridized carbons (Fsp3) is 0.385. The summed E-state index contributed by atoms with van der Waals surface area (Å²) in [5, 5.41) is 0. The highest BCUT2D eigenvalue weighted by molar-refractivity contribution is 6.05. The van der Waals surface area contributed by atoms with Crippen LogP contribution in [0, 0.1) is 5.92 Å². The van der Waals surface area contributed by atoms with Crippen molar-refractivity contribution in [1.29, 1.82) is 0 Å². The molecule has 20 heavy (non-hydrogen) atoms. The van der Waals surface area contributed by atoms with Gasteiger partial charge in [-0.15, -0.1) is 0 Å². The maximum absolute atomic E-state index is 12.9. The van der Waals surface area contributed by atoms with Crippen molar-refractivity contribution in [3.63, 3.8) is 0 Å². The molecule has 0 radical (unpaired) electrons. The fourth-order valence-electron chi connectivity index (χ4n) is 1.49. The maximum atomic E-state index is 12.9. The van der Waals surface area contributed by atoms with Crippen LogP contribution in [0.3, 0.4) is 0 Å². The number of rotatable bonds is 4. The fourth-order valence-corrected chi connectivity index (χ4v) is 1.49. The molecule has 4 nitrogen and oxygen atoms in total. The topological polar surface area (TPSA) is 47.9 Å². The normalized spacial score (nSPS) is 13.8. The molecule has 1 rings (SSSR count). The summed E-state index contributed by atoms with van der Waals surface area (Å²) in [6.45, 7) is 1.10. The molecule has 0 fully saturated rings. The van der Waals surface area contributed by atoms with E-state index >= 15 is 0 Å². The minimum Gasteiger partial charge on any atom is -0.497 e. The predicted molar refractivity (Wildman–Crippen MR) is 67.3 cm³/mol. The van der Waals surface area contributed by atoms with Gasteiger partial charge in [0.25, 0.3) is 0 Å². The Morgan fingerprint density at radius 3 is 2.15 bits per heavy atom. The first-order valence-electron chi connectivity index (χ1n) is 5.67. The third-order valence-corrected chi connectivity index (χ3v) is 2.58. The molecule has 110 valence electrons. The van der Waals surface area contributed by atoms with Crippen LogP contribution in [0.15, 0.2) is 29.3 Å². The molecule has 0 saturated carbocycles. The summed E-state index contributed by atoms with van der Waals surface area (Å²) in [4.78, 5) is 14.8. The van der Waals surface area contributed by atoms with Gasteiger partial charge in [-0.2, -0.15) is 13.2 Å². The van der Waals surface area contributed by atoms with Gasteiger partial charge in [-0.05, 0) is 31.2 Å². The van der Waals surface area contributed by atoms with Crippen LogP contribution in [-0.2, 0) is 9.53 Å². The molecule has 1 atom stereocenters. The summed E-state index contributed by atoms with van der Waals surface area (Å²) in [6, 6.07) is 5.70. The molecular weight excluding hydrogens is 275 g/mol. The molecule has 1 unspecified atom stereocenters. The van der Waals surface area contributed by atoms with E-state index in [9.17, 15) is 18.0 Å². The van der Waals surface area contributed by atoms with E-state index in [1.807, 2.05) is 0 Å². The Balaban J connectivity index is 3.15. The van der Waals surface area contributed by atoms with Gasteiger partial charge in [-0.1, -0.05) is 0 Å². The number of alkyl halides is 3. The third kappa shape index (κ3) is 3.97. The minimum atomic E-state index is -4.71. The van der Waals surface area contributed by atoms with Crippen LogP contribution >= 0.6 is 0 Å². The summed E-state index contributed by atoms with van der Waals surface area (Å²) in [6.07, 6.45) is -4.71. The number of benzene rings is 1. The maximum Gasteiger partial charge on any atom is 0.430 e. The largest absolute Gasteiger partial charge is 0.497 e. The van der Waals surface area contributed by atoms with Crippen LogP contribution < -0.4 is 4.74 Å². The van der Waals surface area contributed by atoms with Crippen molar-refractivity contribution in [1.82, 2.24) is 0 Å². The van der Waals surface area contributed by atoms with Crippen LogP contribution in [-0.4, -0.2) is 32.1 Å². The van der Waals surface area contributed by atoms with Crippen molar-refractivity contribution < 1.29 is 27.4 Å². The molecule has 0 amide bonds. The lowest BCUT2D eigenvalue weighted by Crippen LogP contribution is -2.34. The van der Waals surface area contributed by atoms with E-state index in [-0.39, 0.29) is 5.69 Å². The number of nitrogens with zero attached hydrogens (tertiary/aromatic N) is 1. The second-order valence-corrected chi connectivity index (χ2v) is 3.94. The van der Waals surface area contributed by atoms with Gasteiger partial charge in [-0.25, -0.2) is 4.99 Å². The monoisotopic (exact) mass is 289 g/mol. The molecule has 0 bridgehead atoms. The van der Waals surface area contributed by atoms with Crippen LogP contribution in [0.1, 0.15) is 6.92 Å². The van der Waals surface area contributed by atoms with Crippen LogP contribution in [0.25, 0.3) is 0 Å². The number of carbonyl (C=O) groups excluding carboxylic acids is 1. The second-order valence-electron chi connectivity index (χ2n) is 3.94. The Labute approximate surface area is 114 Å². The van der Waals surface area contributed by atoms with Crippen molar-refractivity contribution in [2.24, 2.45) is 10.9 Å². The highest BCUT2D eigenvalue weighted by Crippen LogP contribution is 2.27. The van der Waals surface area contributed by atoms with Gasteiger partial charge in [0.1, 0.15) is 17.4 Å². The first-order chi connectivity index (χ1) is 9.29. The van der Waals surface area contributed by atoms with Crippen molar-refractivity contribution in [3.05, 3.63) is 24.3 Å². The van der Waals surface area contributed by atoms with E-state index < -0.39 is 23.8 Å². The molecule has 0 saturated heterocycles.